The fourth-order valence-corrected chi connectivity index (χ4v) is 1.68. The summed E-state index contributed by atoms with van der Waals surface area (Å²) in [4.78, 5) is 0. The first-order chi connectivity index (χ1) is 8.79. The van der Waals surface area contributed by atoms with E-state index in [4.69, 9.17) is 0 Å². The summed E-state index contributed by atoms with van der Waals surface area (Å²) in [5.41, 5.74) is 0. The van der Waals surface area contributed by atoms with Gasteiger partial charge in [0.2, 0.25) is 0 Å². The van der Waals surface area contributed by atoms with E-state index in [-0.39, 0.29) is 13.0 Å². The van der Waals surface area contributed by atoms with Crippen molar-refractivity contribution < 1.29 is 39.5 Å². The van der Waals surface area contributed by atoms with Gasteiger partial charge >= 0.3 is 18.5 Å². The van der Waals surface area contributed by atoms with Crippen molar-refractivity contribution in [3.8, 4) is 0 Å². The van der Waals surface area contributed by atoms with Crippen molar-refractivity contribution in [2.45, 2.75) is 50.8 Å². The molecule has 0 aliphatic carbocycles. The fourth-order valence-electron chi connectivity index (χ4n) is 1.68. The Hall–Kier alpha value is -0.670. The van der Waals surface area contributed by atoms with Gasteiger partial charge in [0.15, 0.2) is 5.92 Å². The highest BCUT2D eigenvalue weighted by Crippen LogP contribution is 2.43. The maximum absolute atomic E-state index is 12.5. The molecule has 0 aromatic rings. The minimum atomic E-state index is -5.66. The Labute approximate surface area is 109 Å². The molecule has 0 aromatic carbocycles. The Morgan fingerprint density at radius 3 is 1.60 bits per heavy atom. The van der Waals surface area contributed by atoms with Crippen LogP contribution in [0.2, 0.25) is 0 Å². The van der Waals surface area contributed by atoms with Crippen molar-refractivity contribution >= 4 is 0 Å². The first-order valence-corrected chi connectivity index (χ1v) is 5.72. The van der Waals surface area contributed by atoms with Gasteiger partial charge in [-0.25, -0.2) is 0 Å². The standard InChI is InChI=1S/C10H14F9N/c1-2-5-20-6(3-4-8(11,12)13)7(9(14,15)16)10(17,18)19/h6-7,20H,2-5H2,1H3. The van der Waals surface area contributed by atoms with Gasteiger partial charge in [0, 0.05) is 12.5 Å². The van der Waals surface area contributed by atoms with Crippen molar-refractivity contribution in [1.82, 2.24) is 5.32 Å². The second-order valence-electron chi connectivity index (χ2n) is 4.28. The van der Waals surface area contributed by atoms with Crippen LogP contribution in [0.1, 0.15) is 26.2 Å². The van der Waals surface area contributed by atoms with Crippen molar-refractivity contribution in [2.24, 2.45) is 5.92 Å². The molecule has 1 atom stereocenters. The lowest BCUT2D eigenvalue weighted by atomic mass is 9.94. The normalized spacial score (nSPS) is 15.8. The number of nitrogens with one attached hydrogen (secondary N) is 1. The zero-order valence-corrected chi connectivity index (χ0v) is 10.4. The van der Waals surface area contributed by atoms with Crippen molar-refractivity contribution in [2.75, 3.05) is 6.54 Å². The number of hydrogen-bond donors (Lipinski definition) is 1. The molecule has 0 amide bonds. The van der Waals surface area contributed by atoms with E-state index < -0.39 is 43.3 Å². The van der Waals surface area contributed by atoms with Crippen LogP contribution < -0.4 is 5.32 Å². The fraction of sp³-hybridized carbons (Fsp3) is 1.00. The van der Waals surface area contributed by atoms with Crippen LogP contribution in [-0.2, 0) is 0 Å². The molecular weight excluding hydrogens is 305 g/mol. The maximum Gasteiger partial charge on any atom is 0.401 e. The minimum Gasteiger partial charge on any atom is -0.313 e. The van der Waals surface area contributed by atoms with Gasteiger partial charge in [-0.05, 0) is 19.4 Å². The first-order valence-electron chi connectivity index (χ1n) is 5.72. The molecule has 0 radical (unpaired) electrons. The molecule has 0 fully saturated rings. The lowest BCUT2D eigenvalue weighted by Gasteiger charge is -2.31. The third kappa shape index (κ3) is 7.20. The summed E-state index contributed by atoms with van der Waals surface area (Å²) in [7, 11) is 0. The Balaban J connectivity index is 5.12. The molecule has 0 bridgehead atoms. The molecule has 1 unspecified atom stereocenters. The van der Waals surface area contributed by atoms with E-state index in [2.05, 4.69) is 0 Å². The van der Waals surface area contributed by atoms with Crippen LogP contribution in [0.3, 0.4) is 0 Å². The average Bonchev–Trinajstić information content (AvgIpc) is 2.16. The van der Waals surface area contributed by atoms with E-state index in [0.717, 1.165) is 0 Å². The van der Waals surface area contributed by atoms with Crippen LogP contribution in [0.4, 0.5) is 39.5 Å². The highest BCUT2D eigenvalue weighted by molar-refractivity contribution is 4.87. The van der Waals surface area contributed by atoms with Crippen LogP contribution in [0.15, 0.2) is 0 Å². The third-order valence-corrected chi connectivity index (χ3v) is 2.50. The Morgan fingerprint density at radius 2 is 1.30 bits per heavy atom. The number of halogens is 9. The van der Waals surface area contributed by atoms with Gasteiger partial charge in [0.1, 0.15) is 0 Å². The largest absolute Gasteiger partial charge is 0.401 e. The molecule has 0 aromatic heterocycles. The maximum atomic E-state index is 12.5. The SMILES string of the molecule is CCCNC(CCC(F)(F)F)C(C(F)(F)F)C(F)(F)F. The summed E-state index contributed by atoms with van der Waals surface area (Å²) < 4.78 is 111. The van der Waals surface area contributed by atoms with Crippen LogP contribution in [-0.4, -0.2) is 31.1 Å². The highest BCUT2D eigenvalue weighted by atomic mass is 19.4. The van der Waals surface area contributed by atoms with Gasteiger partial charge in [0.05, 0.1) is 0 Å². The molecule has 1 nitrogen and oxygen atoms in total. The van der Waals surface area contributed by atoms with Crippen LogP contribution in [0.25, 0.3) is 0 Å². The molecule has 1 N–H and O–H groups in total. The van der Waals surface area contributed by atoms with E-state index in [1.165, 1.54) is 6.92 Å². The Morgan fingerprint density at radius 1 is 0.850 bits per heavy atom. The Bertz CT molecular complexity index is 264. The van der Waals surface area contributed by atoms with E-state index in [1.54, 1.807) is 0 Å². The van der Waals surface area contributed by atoms with Crippen molar-refractivity contribution in [3.63, 3.8) is 0 Å². The summed E-state index contributed by atoms with van der Waals surface area (Å²) in [6.45, 7) is 1.25. The molecule has 10 heteroatoms. The molecule has 0 aliphatic rings. The van der Waals surface area contributed by atoms with E-state index in [9.17, 15) is 39.5 Å². The zero-order valence-electron chi connectivity index (χ0n) is 10.4. The second kappa shape index (κ2) is 6.86. The summed E-state index contributed by atoms with van der Waals surface area (Å²) in [5.74, 6) is -3.82. The summed E-state index contributed by atoms with van der Waals surface area (Å²) in [5, 5.41) is 1.92. The second-order valence-corrected chi connectivity index (χ2v) is 4.28. The average molecular weight is 319 g/mol. The first kappa shape index (κ1) is 19.3. The van der Waals surface area contributed by atoms with Crippen molar-refractivity contribution in [3.05, 3.63) is 0 Å². The zero-order chi connectivity index (χ0) is 16.2. The quantitative estimate of drug-likeness (QED) is 0.714. The van der Waals surface area contributed by atoms with E-state index >= 15 is 0 Å². The molecule has 0 rings (SSSR count). The predicted molar refractivity (Wildman–Crippen MR) is 53.0 cm³/mol. The van der Waals surface area contributed by atoms with Crippen LogP contribution in [0.5, 0.6) is 0 Å². The number of rotatable bonds is 6. The van der Waals surface area contributed by atoms with Gasteiger partial charge in [-0.15, -0.1) is 0 Å². The Kier molecular flexibility index (Phi) is 6.63. The molecule has 0 spiro atoms. The molecule has 0 aliphatic heterocycles. The predicted octanol–water partition coefficient (Wildman–Crippen LogP) is 4.44. The third-order valence-electron chi connectivity index (χ3n) is 2.50. The molecular formula is C10H14F9N. The monoisotopic (exact) mass is 319 g/mol. The molecule has 0 saturated heterocycles. The van der Waals surface area contributed by atoms with Gasteiger partial charge < -0.3 is 5.32 Å². The van der Waals surface area contributed by atoms with E-state index in [1.807, 2.05) is 5.32 Å². The molecule has 0 saturated carbocycles. The van der Waals surface area contributed by atoms with Crippen LogP contribution in [0, 0.1) is 5.92 Å². The number of hydrogen-bond acceptors (Lipinski definition) is 1. The minimum absolute atomic E-state index is 0.199. The van der Waals surface area contributed by atoms with Crippen LogP contribution >= 0.6 is 0 Å². The van der Waals surface area contributed by atoms with Gasteiger partial charge in [0.25, 0.3) is 0 Å². The summed E-state index contributed by atoms with van der Waals surface area (Å²) in [6.07, 6.45) is -18.9. The van der Waals surface area contributed by atoms with E-state index in [0.29, 0.717) is 0 Å². The lowest BCUT2D eigenvalue weighted by molar-refractivity contribution is -0.293. The lowest BCUT2D eigenvalue weighted by Crippen LogP contribution is -2.51. The smallest absolute Gasteiger partial charge is 0.313 e. The molecule has 20 heavy (non-hydrogen) atoms. The molecule has 0 heterocycles. The van der Waals surface area contributed by atoms with Gasteiger partial charge in [-0.3, -0.25) is 0 Å². The van der Waals surface area contributed by atoms with Crippen molar-refractivity contribution in [1.29, 1.82) is 0 Å². The number of alkyl halides is 9. The van der Waals surface area contributed by atoms with Gasteiger partial charge in [-0.1, -0.05) is 6.92 Å². The topological polar surface area (TPSA) is 12.0 Å². The highest BCUT2D eigenvalue weighted by Gasteiger charge is 2.60. The summed E-state index contributed by atoms with van der Waals surface area (Å²) in [6, 6.07) is -2.35. The van der Waals surface area contributed by atoms with Gasteiger partial charge in [-0.2, -0.15) is 39.5 Å². The summed E-state index contributed by atoms with van der Waals surface area (Å²) >= 11 is 0. The molecule has 122 valence electrons.